The SMILES string of the molecule is NC(c1ccc2cccnc2c1)c1ccc(Cl)cc1F. The van der Waals surface area contributed by atoms with E-state index < -0.39 is 11.9 Å². The number of hydrogen-bond acceptors (Lipinski definition) is 2. The lowest BCUT2D eigenvalue weighted by molar-refractivity contribution is 0.600. The fourth-order valence-corrected chi connectivity index (χ4v) is 2.37. The topological polar surface area (TPSA) is 38.9 Å². The molecule has 0 radical (unpaired) electrons. The van der Waals surface area contributed by atoms with Crippen molar-refractivity contribution in [3.05, 3.63) is 76.7 Å². The number of pyridine rings is 1. The van der Waals surface area contributed by atoms with Gasteiger partial charge in [-0.25, -0.2) is 4.39 Å². The Morgan fingerprint density at radius 2 is 1.95 bits per heavy atom. The van der Waals surface area contributed by atoms with E-state index in [0.29, 0.717) is 10.6 Å². The van der Waals surface area contributed by atoms with E-state index >= 15 is 0 Å². The van der Waals surface area contributed by atoms with Crippen molar-refractivity contribution in [3.63, 3.8) is 0 Å². The molecule has 0 amide bonds. The van der Waals surface area contributed by atoms with E-state index in [4.69, 9.17) is 17.3 Å². The van der Waals surface area contributed by atoms with Crippen LogP contribution in [-0.4, -0.2) is 4.98 Å². The number of rotatable bonds is 2. The number of halogens is 2. The standard InChI is InChI=1S/C16H12ClFN2/c17-12-5-6-13(14(18)9-12)16(19)11-4-3-10-2-1-7-20-15(10)8-11/h1-9,16H,19H2. The molecule has 3 aromatic rings. The van der Waals surface area contributed by atoms with Crippen molar-refractivity contribution in [2.24, 2.45) is 5.73 Å². The molecular weight excluding hydrogens is 275 g/mol. The normalized spacial score (nSPS) is 12.6. The number of nitrogens with zero attached hydrogens (tertiary/aromatic N) is 1. The molecule has 3 rings (SSSR count). The molecule has 2 nitrogen and oxygen atoms in total. The Hall–Kier alpha value is -1.97. The van der Waals surface area contributed by atoms with Crippen LogP contribution in [0.5, 0.6) is 0 Å². The van der Waals surface area contributed by atoms with Gasteiger partial charge in [-0.05, 0) is 29.8 Å². The van der Waals surface area contributed by atoms with E-state index in [1.54, 1.807) is 18.3 Å². The highest BCUT2D eigenvalue weighted by molar-refractivity contribution is 6.30. The van der Waals surface area contributed by atoms with Gasteiger partial charge in [0.2, 0.25) is 0 Å². The Morgan fingerprint density at radius 1 is 1.10 bits per heavy atom. The van der Waals surface area contributed by atoms with Crippen molar-refractivity contribution < 1.29 is 4.39 Å². The maximum Gasteiger partial charge on any atom is 0.129 e. The molecule has 0 aliphatic heterocycles. The molecule has 0 spiro atoms. The molecule has 0 bridgehead atoms. The summed E-state index contributed by atoms with van der Waals surface area (Å²) in [7, 11) is 0. The first-order chi connectivity index (χ1) is 9.65. The van der Waals surface area contributed by atoms with Crippen LogP contribution in [0.2, 0.25) is 5.02 Å². The largest absolute Gasteiger partial charge is 0.320 e. The number of aromatic nitrogens is 1. The molecule has 1 unspecified atom stereocenters. The summed E-state index contributed by atoms with van der Waals surface area (Å²) in [5, 5.41) is 1.39. The summed E-state index contributed by atoms with van der Waals surface area (Å²) in [5.74, 6) is -0.397. The van der Waals surface area contributed by atoms with E-state index in [9.17, 15) is 4.39 Å². The summed E-state index contributed by atoms with van der Waals surface area (Å²) in [5.41, 5.74) is 8.23. The minimum Gasteiger partial charge on any atom is -0.320 e. The fourth-order valence-electron chi connectivity index (χ4n) is 2.21. The lowest BCUT2D eigenvalue weighted by Crippen LogP contribution is -2.13. The lowest BCUT2D eigenvalue weighted by Gasteiger charge is -2.14. The zero-order valence-electron chi connectivity index (χ0n) is 10.6. The molecule has 1 aromatic heterocycles. The maximum atomic E-state index is 13.9. The molecule has 0 saturated heterocycles. The van der Waals surface area contributed by atoms with E-state index in [1.807, 2.05) is 30.3 Å². The molecule has 0 aliphatic carbocycles. The average Bonchev–Trinajstić information content (AvgIpc) is 2.46. The van der Waals surface area contributed by atoms with E-state index in [-0.39, 0.29) is 0 Å². The van der Waals surface area contributed by atoms with Crippen molar-refractivity contribution >= 4 is 22.5 Å². The van der Waals surface area contributed by atoms with Gasteiger partial charge in [0.25, 0.3) is 0 Å². The van der Waals surface area contributed by atoms with Gasteiger partial charge in [0, 0.05) is 22.2 Å². The third kappa shape index (κ3) is 2.38. The second kappa shape index (κ2) is 5.19. The van der Waals surface area contributed by atoms with Crippen LogP contribution < -0.4 is 5.73 Å². The third-order valence-electron chi connectivity index (χ3n) is 3.29. The minimum atomic E-state index is -0.543. The third-order valence-corrected chi connectivity index (χ3v) is 3.52. The Labute approximate surface area is 121 Å². The Kier molecular flexibility index (Phi) is 3.38. The van der Waals surface area contributed by atoms with Crippen LogP contribution in [0.25, 0.3) is 10.9 Å². The molecule has 100 valence electrons. The molecule has 2 aromatic carbocycles. The van der Waals surface area contributed by atoms with Crippen molar-refractivity contribution in [3.8, 4) is 0 Å². The predicted octanol–water partition coefficient (Wildman–Crippen LogP) is 4.08. The zero-order chi connectivity index (χ0) is 14.1. The molecule has 0 fully saturated rings. The first-order valence-electron chi connectivity index (χ1n) is 6.20. The summed E-state index contributed by atoms with van der Waals surface area (Å²) < 4.78 is 13.9. The average molecular weight is 287 g/mol. The Morgan fingerprint density at radius 3 is 2.75 bits per heavy atom. The Balaban J connectivity index is 2.05. The van der Waals surface area contributed by atoms with E-state index in [1.165, 1.54) is 6.07 Å². The molecule has 4 heteroatoms. The second-order valence-electron chi connectivity index (χ2n) is 4.60. The van der Waals surface area contributed by atoms with Crippen LogP contribution in [0.3, 0.4) is 0 Å². The predicted molar refractivity (Wildman–Crippen MR) is 79.2 cm³/mol. The molecule has 0 saturated carbocycles. The summed E-state index contributed by atoms with van der Waals surface area (Å²) in [6.45, 7) is 0. The molecule has 1 atom stereocenters. The number of benzene rings is 2. The van der Waals surface area contributed by atoms with Gasteiger partial charge in [-0.15, -0.1) is 0 Å². The van der Waals surface area contributed by atoms with Crippen LogP contribution in [0.4, 0.5) is 4.39 Å². The number of fused-ring (bicyclic) bond motifs is 1. The highest BCUT2D eigenvalue weighted by Crippen LogP contribution is 2.26. The summed E-state index contributed by atoms with van der Waals surface area (Å²) in [6, 6.07) is 13.5. The van der Waals surface area contributed by atoms with Gasteiger partial charge in [-0.3, -0.25) is 4.98 Å². The summed E-state index contributed by atoms with van der Waals surface area (Å²) in [6.07, 6.45) is 1.72. The molecule has 1 heterocycles. The smallest absolute Gasteiger partial charge is 0.129 e. The van der Waals surface area contributed by atoms with Crippen LogP contribution in [-0.2, 0) is 0 Å². The monoisotopic (exact) mass is 286 g/mol. The molecular formula is C16H12ClFN2. The van der Waals surface area contributed by atoms with E-state index in [2.05, 4.69) is 4.98 Å². The molecule has 0 aliphatic rings. The van der Waals surface area contributed by atoms with Gasteiger partial charge < -0.3 is 5.73 Å². The van der Waals surface area contributed by atoms with Gasteiger partial charge in [0.15, 0.2) is 0 Å². The molecule has 2 N–H and O–H groups in total. The number of hydrogen-bond donors (Lipinski definition) is 1. The Bertz CT molecular complexity index is 773. The van der Waals surface area contributed by atoms with Crippen molar-refractivity contribution in [2.75, 3.05) is 0 Å². The summed E-state index contributed by atoms with van der Waals surface area (Å²) in [4.78, 5) is 4.28. The summed E-state index contributed by atoms with van der Waals surface area (Å²) >= 11 is 5.75. The highest BCUT2D eigenvalue weighted by atomic mass is 35.5. The second-order valence-corrected chi connectivity index (χ2v) is 5.04. The van der Waals surface area contributed by atoms with Crippen LogP contribution in [0.1, 0.15) is 17.2 Å². The minimum absolute atomic E-state index is 0.360. The highest BCUT2D eigenvalue weighted by Gasteiger charge is 2.14. The van der Waals surface area contributed by atoms with Crippen molar-refractivity contribution in [1.29, 1.82) is 0 Å². The lowest BCUT2D eigenvalue weighted by atomic mass is 9.98. The van der Waals surface area contributed by atoms with Crippen LogP contribution in [0, 0.1) is 5.82 Å². The van der Waals surface area contributed by atoms with Crippen molar-refractivity contribution in [2.45, 2.75) is 6.04 Å². The number of nitrogens with two attached hydrogens (primary N) is 1. The van der Waals surface area contributed by atoms with Gasteiger partial charge in [0.1, 0.15) is 5.82 Å². The fraction of sp³-hybridized carbons (Fsp3) is 0.0625. The quantitative estimate of drug-likeness (QED) is 0.771. The van der Waals surface area contributed by atoms with Gasteiger partial charge >= 0.3 is 0 Å². The first-order valence-corrected chi connectivity index (χ1v) is 6.58. The van der Waals surface area contributed by atoms with E-state index in [0.717, 1.165) is 16.5 Å². The van der Waals surface area contributed by atoms with Gasteiger partial charge in [-0.1, -0.05) is 35.9 Å². The van der Waals surface area contributed by atoms with Gasteiger partial charge in [0.05, 0.1) is 11.6 Å². The van der Waals surface area contributed by atoms with Gasteiger partial charge in [-0.2, -0.15) is 0 Å². The van der Waals surface area contributed by atoms with Crippen molar-refractivity contribution in [1.82, 2.24) is 4.98 Å². The molecule has 20 heavy (non-hydrogen) atoms. The maximum absolute atomic E-state index is 13.9. The van der Waals surface area contributed by atoms with Crippen LogP contribution >= 0.6 is 11.6 Å². The van der Waals surface area contributed by atoms with Crippen LogP contribution in [0.15, 0.2) is 54.7 Å². The first kappa shape index (κ1) is 13.0. The zero-order valence-corrected chi connectivity index (χ0v) is 11.3.